The van der Waals surface area contributed by atoms with Crippen LogP contribution in [0.25, 0.3) is 21.0 Å². The molecule has 0 bridgehead atoms. The zero-order valence-corrected chi connectivity index (χ0v) is 16.5. The smallest absolute Gasteiger partial charge is 0.433 e. The molecule has 0 unspecified atom stereocenters. The summed E-state index contributed by atoms with van der Waals surface area (Å²) in [5.41, 5.74) is 0.726. The van der Waals surface area contributed by atoms with E-state index in [-0.39, 0.29) is 23.7 Å². The first-order valence-corrected chi connectivity index (χ1v) is 9.79. The monoisotopic (exact) mass is 425 g/mol. The van der Waals surface area contributed by atoms with E-state index in [4.69, 9.17) is 9.15 Å². The third-order valence-electron chi connectivity index (χ3n) is 4.35. The van der Waals surface area contributed by atoms with Gasteiger partial charge in [-0.25, -0.2) is 0 Å². The van der Waals surface area contributed by atoms with Crippen LogP contribution < -0.4 is 4.80 Å². The van der Waals surface area contributed by atoms with E-state index < -0.39 is 22.7 Å². The molecule has 0 fully saturated rings. The molecule has 0 aliphatic heterocycles. The van der Waals surface area contributed by atoms with Gasteiger partial charge in [-0.2, -0.15) is 4.99 Å². The number of amides is 1. The Morgan fingerprint density at radius 3 is 2.73 bits per heavy atom. The summed E-state index contributed by atoms with van der Waals surface area (Å²) in [6.07, 6.45) is 0. The van der Waals surface area contributed by atoms with Crippen molar-refractivity contribution in [3.63, 3.8) is 0 Å². The molecule has 9 nitrogen and oxygen atoms in total. The number of benzene rings is 2. The molecule has 1 amide bonds. The highest BCUT2D eigenvalue weighted by molar-refractivity contribution is 7.17. The Bertz CT molecular complexity index is 1360. The van der Waals surface area contributed by atoms with Crippen molar-refractivity contribution >= 4 is 50.1 Å². The maximum absolute atomic E-state index is 12.5. The fourth-order valence-electron chi connectivity index (χ4n) is 3.06. The number of aromatic nitrogens is 1. The van der Waals surface area contributed by atoms with E-state index >= 15 is 0 Å². The zero-order chi connectivity index (χ0) is 21.3. The van der Waals surface area contributed by atoms with E-state index in [1.165, 1.54) is 17.4 Å². The highest BCUT2D eigenvalue weighted by atomic mass is 32.1. The van der Waals surface area contributed by atoms with Crippen LogP contribution >= 0.6 is 11.3 Å². The lowest BCUT2D eigenvalue weighted by Gasteiger charge is -2.05. The fourth-order valence-corrected chi connectivity index (χ4v) is 4.22. The number of ether oxygens (including phenoxy) is 1. The van der Waals surface area contributed by atoms with Gasteiger partial charge in [-0.1, -0.05) is 41.7 Å². The summed E-state index contributed by atoms with van der Waals surface area (Å²) in [4.78, 5) is 39.1. The molecular formula is C20H15N3O6S. The van der Waals surface area contributed by atoms with Gasteiger partial charge in [-0.05, 0) is 24.4 Å². The van der Waals surface area contributed by atoms with Crippen molar-refractivity contribution in [3.05, 3.63) is 69.2 Å². The number of rotatable bonds is 5. The van der Waals surface area contributed by atoms with Crippen LogP contribution in [0.1, 0.15) is 17.5 Å². The second-order valence-corrected chi connectivity index (χ2v) is 7.20. The molecule has 2 aromatic carbocycles. The molecule has 10 heteroatoms. The minimum absolute atomic E-state index is 0.128. The first-order chi connectivity index (χ1) is 14.5. The van der Waals surface area contributed by atoms with Gasteiger partial charge in [0.1, 0.15) is 11.5 Å². The van der Waals surface area contributed by atoms with Crippen LogP contribution in [0.4, 0.5) is 5.88 Å². The topological polar surface area (TPSA) is 117 Å². The highest BCUT2D eigenvalue weighted by Gasteiger charge is 2.19. The SMILES string of the molecule is CCOC(=O)Cn1c(=NC(=O)c2ccc([N+](=O)[O-])o2)sc2c3ccccc3ccc21. The second-order valence-electron chi connectivity index (χ2n) is 6.22. The van der Waals surface area contributed by atoms with Crippen LogP contribution in [0.3, 0.4) is 0 Å². The standard InChI is InChI=1S/C20H15N3O6S/c1-2-28-17(24)11-22-14-8-7-12-5-3-4-6-13(12)18(14)30-20(22)21-19(25)15-9-10-16(29-15)23(26)27/h3-10H,2,11H2,1H3. The molecule has 0 atom stereocenters. The number of nitro groups is 1. The van der Waals surface area contributed by atoms with Crippen molar-refractivity contribution in [2.24, 2.45) is 4.99 Å². The molecule has 0 saturated heterocycles. The van der Waals surface area contributed by atoms with Crippen molar-refractivity contribution in [1.82, 2.24) is 4.57 Å². The van der Waals surface area contributed by atoms with E-state index in [9.17, 15) is 19.7 Å². The number of thiazole rings is 1. The molecule has 0 radical (unpaired) electrons. The van der Waals surface area contributed by atoms with E-state index in [0.29, 0.717) is 0 Å². The van der Waals surface area contributed by atoms with Crippen molar-refractivity contribution in [2.45, 2.75) is 13.5 Å². The van der Waals surface area contributed by atoms with Crippen LogP contribution in [-0.2, 0) is 16.1 Å². The van der Waals surface area contributed by atoms with Crippen molar-refractivity contribution in [2.75, 3.05) is 6.61 Å². The summed E-state index contributed by atoms with van der Waals surface area (Å²) >= 11 is 1.24. The molecule has 0 aliphatic carbocycles. The summed E-state index contributed by atoms with van der Waals surface area (Å²) < 4.78 is 12.4. The van der Waals surface area contributed by atoms with E-state index in [1.807, 2.05) is 36.4 Å². The molecule has 4 rings (SSSR count). The predicted octanol–water partition coefficient (Wildman–Crippen LogP) is 3.66. The number of furan rings is 1. The van der Waals surface area contributed by atoms with Gasteiger partial charge < -0.3 is 13.7 Å². The van der Waals surface area contributed by atoms with Gasteiger partial charge >= 0.3 is 17.8 Å². The van der Waals surface area contributed by atoms with E-state index in [0.717, 1.165) is 27.1 Å². The molecule has 152 valence electrons. The fraction of sp³-hybridized carbons (Fsp3) is 0.150. The Hall–Kier alpha value is -3.79. The Kier molecular flexibility index (Phi) is 5.15. The molecule has 0 aliphatic rings. The second kappa shape index (κ2) is 7.91. The minimum atomic E-state index is -0.781. The number of hydrogen-bond acceptors (Lipinski definition) is 7. The first kappa shape index (κ1) is 19.5. The molecule has 0 saturated carbocycles. The van der Waals surface area contributed by atoms with Gasteiger partial charge in [0.15, 0.2) is 4.80 Å². The molecule has 0 spiro atoms. The Labute approximate surface area is 173 Å². The Morgan fingerprint density at radius 1 is 1.20 bits per heavy atom. The number of hydrogen-bond donors (Lipinski definition) is 0. The lowest BCUT2D eigenvalue weighted by atomic mass is 10.1. The normalized spacial score (nSPS) is 11.8. The van der Waals surface area contributed by atoms with Gasteiger partial charge in [-0.3, -0.25) is 19.7 Å². The minimum Gasteiger partial charge on any atom is -0.465 e. The summed E-state index contributed by atoms with van der Waals surface area (Å²) in [5.74, 6) is -2.05. The van der Waals surface area contributed by atoms with Crippen LogP contribution in [0.5, 0.6) is 0 Å². The maximum Gasteiger partial charge on any atom is 0.433 e. The van der Waals surface area contributed by atoms with E-state index in [2.05, 4.69) is 4.99 Å². The van der Waals surface area contributed by atoms with Gasteiger partial charge in [0.25, 0.3) is 0 Å². The van der Waals surface area contributed by atoms with Crippen molar-refractivity contribution in [3.8, 4) is 0 Å². The molecule has 0 N–H and O–H groups in total. The lowest BCUT2D eigenvalue weighted by Crippen LogP contribution is -2.23. The number of carbonyl (C=O) groups is 2. The number of carbonyl (C=O) groups excluding carboxylic acids is 2. The van der Waals surface area contributed by atoms with Crippen LogP contribution in [0, 0.1) is 10.1 Å². The van der Waals surface area contributed by atoms with Crippen LogP contribution in [0.2, 0.25) is 0 Å². The average molecular weight is 425 g/mol. The average Bonchev–Trinajstić information content (AvgIpc) is 3.34. The summed E-state index contributed by atoms with van der Waals surface area (Å²) in [5, 5.41) is 12.8. The number of fused-ring (bicyclic) bond motifs is 3. The zero-order valence-electron chi connectivity index (χ0n) is 15.7. The van der Waals surface area contributed by atoms with Gasteiger partial charge in [0.2, 0.25) is 5.76 Å². The first-order valence-electron chi connectivity index (χ1n) is 8.98. The molecule has 2 heterocycles. The molecular weight excluding hydrogens is 410 g/mol. The Balaban J connectivity index is 1.88. The van der Waals surface area contributed by atoms with Crippen LogP contribution in [0.15, 0.2) is 57.9 Å². The Morgan fingerprint density at radius 2 is 2.00 bits per heavy atom. The summed E-state index contributed by atoms with van der Waals surface area (Å²) in [6, 6.07) is 13.8. The summed E-state index contributed by atoms with van der Waals surface area (Å²) in [6.45, 7) is 1.81. The number of nitrogens with zero attached hydrogens (tertiary/aromatic N) is 3. The predicted molar refractivity (Wildman–Crippen MR) is 109 cm³/mol. The van der Waals surface area contributed by atoms with Crippen molar-refractivity contribution in [1.29, 1.82) is 0 Å². The third-order valence-corrected chi connectivity index (χ3v) is 5.47. The van der Waals surface area contributed by atoms with Crippen molar-refractivity contribution < 1.29 is 23.7 Å². The third kappa shape index (κ3) is 3.60. The van der Waals surface area contributed by atoms with Gasteiger partial charge in [0, 0.05) is 5.39 Å². The summed E-state index contributed by atoms with van der Waals surface area (Å²) in [7, 11) is 0. The molecule has 4 aromatic rings. The van der Waals surface area contributed by atoms with Crippen LogP contribution in [-0.4, -0.2) is 28.0 Å². The quantitative estimate of drug-likeness (QED) is 0.274. The van der Waals surface area contributed by atoms with Gasteiger partial charge in [-0.15, -0.1) is 0 Å². The highest BCUT2D eigenvalue weighted by Crippen LogP contribution is 2.28. The van der Waals surface area contributed by atoms with E-state index in [1.54, 1.807) is 11.5 Å². The molecule has 30 heavy (non-hydrogen) atoms. The number of esters is 1. The lowest BCUT2D eigenvalue weighted by molar-refractivity contribution is -0.402. The molecule has 2 aromatic heterocycles. The van der Waals surface area contributed by atoms with Gasteiger partial charge in [0.05, 0.1) is 22.9 Å². The largest absolute Gasteiger partial charge is 0.465 e. The maximum atomic E-state index is 12.5.